The molecule has 0 spiro atoms. The molecular formula is C8H17NOS. The summed E-state index contributed by atoms with van der Waals surface area (Å²) in [6, 6.07) is -0.0399. The summed E-state index contributed by atoms with van der Waals surface area (Å²) in [5.41, 5.74) is 0. The summed E-state index contributed by atoms with van der Waals surface area (Å²) >= 11 is 4.59. The average Bonchev–Trinajstić information content (AvgIpc) is 1.97. The van der Waals surface area contributed by atoms with E-state index in [1.165, 1.54) is 12.8 Å². The molecule has 11 heavy (non-hydrogen) atoms. The van der Waals surface area contributed by atoms with Crippen molar-refractivity contribution in [3.8, 4) is 0 Å². The zero-order valence-corrected chi connectivity index (χ0v) is 8.08. The molecule has 0 aromatic rings. The SMILES string of the molecule is CCCCCN[C@@H](C)C(O)=S. The minimum absolute atomic E-state index is 0.0399. The molecule has 66 valence electrons. The predicted molar refractivity (Wildman–Crippen MR) is 52.2 cm³/mol. The summed E-state index contributed by atoms with van der Waals surface area (Å²) in [7, 11) is 0. The van der Waals surface area contributed by atoms with E-state index in [0.29, 0.717) is 0 Å². The first-order chi connectivity index (χ1) is 5.18. The summed E-state index contributed by atoms with van der Waals surface area (Å²) in [6.07, 6.45) is 3.61. The van der Waals surface area contributed by atoms with E-state index in [2.05, 4.69) is 24.5 Å². The maximum absolute atomic E-state index is 8.85. The van der Waals surface area contributed by atoms with Gasteiger partial charge >= 0.3 is 0 Å². The molecule has 0 aromatic heterocycles. The van der Waals surface area contributed by atoms with E-state index < -0.39 is 0 Å². The third-order valence-corrected chi connectivity index (χ3v) is 1.95. The Kier molecular flexibility index (Phi) is 6.46. The highest BCUT2D eigenvalue weighted by Gasteiger charge is 2.03. The molecule has 0 rings (SSSR count). The van der Waals surface area contributed by atoms with Gasteiger partial charge in [0.05, 0.1) is 6.04 Å². The Morgan fingerprint density at radius 2 is 2.18 bits per heavy atom. The van der Waals surface area contributed by atoms with Crippen LogP contribution in [-0.4, -0.2) is 22.7 Å². The molecule has 2 N–H and O–H groups in total. The Bertz CT molecular complexity index is 117. The van der Waals surface area contributed by atoms with E-state index >= 15 is 0 Å². The van der Waals surface area contributed by atoms with E-state index in [1.807, 2.05) is 6.92 Å². The van der Waals surface area contributed by atoms with Gasteiger partial charge in [0, 0.05) is 0 Å². The monoisotopic (exact) mass is 175 g/mol. The fraction of sp³-hybridized carbons (Fsp3) is 0.875. The molecule has 2 nitrogen and oxygen atoms in total. The lowest BCUT2D eigenvalue weighted by atomic mass is 10.2. The van der Waals surface area contributed by atoms with Gasteiger partial charge in [-0.15, -0.1) is 0 Å². The van der Waals surface area contributed by atoms with Crippen LogP contribution < -0.4 is 5.32 Å². The zero-order valence-electron chi connectivity index (χ0n) is 7.26. The number of aliphatic hydroxyl groups excluding tert-OH is 1. The van der Waals surface area contributed by atoms with Crippen molar-refractivity contribution in [3.63, 3.8) is 0 Å². The number of aliphatic hydroxyl groups is 1. The summed E-state index contributed by atoms with van der Waals surface area (Å²) in [5.74, 6) is 0. The van der Waals surface area contributed by atoms with Crippen LogP contribution in [-0.2, 0) is 0 Å². The molecule has 0 aliphatic rings. The van der Waals surface area contributed by atoms with Gasteiger partial charge in [-0.1, -0.05) is 19.8 Å². The molecule has 0 unspecified atom stereocenters. The van der Waals surface area contributed by atoms with Gasteiger partial charge in [-0.3, -0.25) is 0 Å². The van der Waals surface area contributed by atoms with Crippen molar-refractivity contribution in [1.29, 1.82) is 0 Å². The Hall–Kier alpha value is -0.150. The molecule has 0 saturated carbocycles. The Labute approximate surface area is 74.0 Å². The molecule has 0 heterocycles. The second-order valence-electron chi connectivity index (χ2n) is 2.72. The highest BCUT2D eigenvalue weighted by atomic mass is 32.1. The number of thiocarbonyl (C=S) groups is 1. The average molecular weight is 175 g/mol. The molecule has 0 aliphatic heterocycles. The topological polar surface area (TPSA) is 32.3 Å². The van der Waals surface area contributed by atoms with Crippen LogP contribution in [0.5, 0.6) is 0 Å². The summed E-state index contributed by atoms with van der Waals surface area (Å²) in [6.45, 7) is 4.98. The first kappa shape index (κ1) is 10.8. The van der Waals surface area contributed by atoms with E-state index in [9.17, 15) is 0 Å². The van der Waals surface area contributed by atoms with E-state index in [0.717, 1.165) is 13.0 Å². The second kappa shape index (κ2) is 6.55. The maximum Gasteiger partial charge on any atom is 0.173 e. The third-order valence-electron chi connectivity index (χ3n) is 1.60. The Morgan fingerprint density at radius 3 is 2.64 bits per heavy atom. The summed E-state index contributed by atoms with van der Waals surface area (Å²) in [4.78, 5) is 0. The van der Waals surface area contributed by atoms with Gasteiger partial charge < -0.3 is 10.4 Å². The molecule has 0 fully saturated rings. The number of hydrogen-bond acceptors (Lipinski definition) is 2. The van der Waals surface area contributed by atoms with Crippen molar-refractivity contribution >= 4 is 17.3 Å². The highest BCUT2D eigenvalue weighted by molar-refractivity contribution is 7.80. The van der Waals surface area contributed by atoms with Gasteiger partial charge in [0.25, 0.3) is 0 Å². The summed E-state index contributed by atoms with van der Waals surface area (Å²) in [5, 5.41) is 12.0. The van der Waals surface area contributed by atoms with E-state index in [4.69, 9.17) is 5.11 Å². The number of rotatable bonds is 6. The first-order valence-corrected chi connectivity index (χ1v) is 4.55. The zero-order chi connectivity index (χ0) is 8.69. The van der Waals surface area contributed by atoms with Crippen LogP contribution >= 0.6 is 12.2 Å². The van der Waals surface area contributed by atoms with Crippen molar-refractivity contribution < 1.29 is 5.11 Å². The van der Waals surface area contributed by atoms with Crippen molar-refractivity contribution in [2.75, 3.05) is 6.54 Å². The minimum atomic E-state index is -0.0399. The van der Waals surface area contributed by atoms with Crippen LogP contribution in [0, 0.1) is 0 Å². The lowest BCUT2D eigenvalue weighted by molar-refractivity contribution is 0.498. The molecule has 0 bridgehead atoms. The van der Waals surface area contributed by atoms with Crippen LogP contribution in [0.25, 0.3) is 0 Å². The summed E-state index contributed by atoms with van der Waals surface area (Å²) < 4.78 is 0. The number of unbranched alkanes of at least 4 members (excludes halogenated alkanes) is 2. The Balaban J connectivity index is 3.17. The second-order valence-corrected chi connectivity index (χ2v) is 3.14. The van der Waals surface area contributed by atoms with Crippen molar-refractivity contribution in [2.24, 2.45) is 0 Å². The molecule has 3 heteroatoms. The van der Waals surface area contributed by atoms with Gasteiger partial charge in [0.1, 0.15) is 0 Å². The first-order valence-electron chi connectivity index (χ1n) is 4.14. The van der Waals surface area contributed by atoms with Gasteiger partial charge in [0.15, 0.2) is 5.05 Å². The van der Waals surface area contributed by atoms with E-state index in [1.54, 1.807) is 0 Å². The normalized spacial score (nSPS) is 12.9. The largest absolute Gasteiger partial charge is 0.501 e. The molecule has 0 aromatic carbocycles. The predicted octanol–water partition coefficient (Wildman–Crippen LogP) is 2.04. The van der Waals surface area contributed by atoms with Crippen LogP contribution in [0.1, 0.15) is 33.1 Å². The fourth-order valence-electron chi connectivity index (χ4n) is 0.781. The lowest BCUT2D eigenvalue weighted by Gasteiger charge is -2.09. The number of hydrogen-bond donors (Lipinski definition) is 2. The minimum Gasteiger partial charge on any atom is -0.501 e. The molecule has 0 aliphatic carbocycles. The fourth-order valence-corrected chi connectivity index (χ4v) is 0.864. The van der Waals surface area contributed by atoms with Crippen LogP contribution in [0.4, 0.5) is 0 Å². The smallest absolute Gasteiger partial charge is 0.173 e. The van der Waals surface area contributed by atoms with Crippen molar-refractivity contribution in [2.45, 2.75) is 39.2 Å². The molecule has 0 saturated heterocycles. The van der Waals surface area contributed by atoms with Gasteiger partial charge in [-0.2, -0.15) is 0 Å². The standard InChI is InChI=1S/C8H17NOS/c1-3-4-5-6-9-7(2)8(10)11/h7,9H,3-6H2,1-2H3,(H,10,11)/t7-/m0/s1. The molecule has 1 atom stereocenters. The van der Waals surface area contributed by atoms with Crippen LogP contribution in [0.15, 0.2) is 0 Å². The highest BCUT2D eigenvalue weighted by Crippen LogP contribution is 1.92. The van der Waals surface area contributed by atoms with Crippen LogP contribution in [0.3, 0.4) is 0 Å². The van der Waals surface area contributed by atoms with Crippen LogP contribution in [0.2, 0.25) is 0 Å². The van der Waals surface area contributed by atoms with E-state index in [-0.39, 0.29) is 11.1 Å². The van der Waals surface area contributed by atoms with Gasteiger partial charge in [-0.25, -0.2) is 0 Å². The third kappa shape index (κ3) is 6.26. The molecular weight excluding hydrogens is 158 g/mol. The quantitative estimate of drug-likeness (QED) is 0.478. The van der Waals surface area contributed by atoms with Gasteiger partial charge in [-0.05, 0) is 32.1 Å². The van der Waals surface area contributed by atoms with Gasteiger partial charge in [0.2, 0.25) is 0 Å². The maximum atomic E-state index is 8.85. The molecule has 0 amide bonds. The van der Waals surface area contributed by atoms with Crippen molar-refractivity contribution in [3.05, 3.63) is 0 Å². The lowest BCUT2D eigenvalue weighted by Crippen LogP contribution is -2.33. The Morgan fingerprint density at radius 1 is 1.55 bits per heavy atom. The van der Waals surface area contributed by atoms with Crippen molar-refractivity contribution in [1.82, 2.24) is 5.32 Å². The molecule has 0 radical (unpaired) electrons. The number of nitrogens with one attached hydrogen (secondary N) is 1.